The van der Waals surface area contributed by atoms with Gasteiger partial charge in [0.15, 0.2) is 0 Å². The Kier molecular flexibility index (Phi) is 5.47. The minimum absolute atomic E-state index is 0.0561. The molecule has 1 aliphatic rings. The van der Waals surface area contributed by atoms with Crippen LogP contribution in [0.15, 0.2) is 71.3 Å². The third-order valence-electron chi connectivity index (χ3n) is 6.13. The normalized spacial score (nSPS) is 12.5. The molecule has 0 N–H and O–H groups in total. The average Bonchev–Trinajstić information content (AvgIpc) is 3.18. The fourth-order valence-corrected chi connectivity index (χ4v) is 4.81. The van der Waals surface area contributed by atoms with Crippen molar-refractivity contribution in [3.63, 3.8) is 0 Å². The summed E-state index contributed by atoms with van der Waals surface area (Å²) in [5.74, 6) is 0.0561. The van der Waals surface area contributed by atoms with Crippen LogP contribution >= 0.6 is 15.9 Å². The topological polar surface area (TPSA) is 40.9 Å². The highest BCUT2D eigenvalue weighted by molar-refractivity contribution is 9.10. The summed E-state index contributed by atoms with van der Waals surface area (Å²) in [6.45, 7) is 6.93. The van der Waals surface area contributed by atoms with Gasteiger partial charge in [-0.25, -0.2) is 4.98 Å². The van der Waals surface area contributed by atoms with Crippen molar-refractivity contribution in [2.45, 2.75) is 26.9 Å². The molecule has 0 radical (unpaired) electrons. The number of hydrogen-bond donors (Lipinski definition) is 0. The van der Waals surface area contributed by atoms with Gasteiger partial charge >= 0.3 is 0 Å². The molecule has 2 aromatic carbocycles. The van der Waals surface area contributed by atoms with E-state index in [1.807, 2.05) is 43.1 Å². The van der Waals surface area contributed by atoms with E-state index in [9.17, 15) is 4.79 Å². The highest BCUT2D eigenvalue weighted by atomic mass is 79.9. The Bertz CT molecular complexity index is 1290. The van der Waals surface area contributed by atoms with Crippen molar-refractivity contribution in [3.8, 4) is 11.3 Å². The van der Waals surface area contributed by atoms with E-state index in [1.54, 1.807) is 0 Å². The minimum atomic E-state index is 0.0561. The van der Waals surface area contributed by atoms with E-state index < -0.39 is 0 Å². The number of hydrogen-bond acceptors (Lipinski definition) is 3. The first-order valence-corrected chi connectivity index (χ1v) is 11.8. The summed E-state index contributed by atoms with van der Waals surface area (Å²) in [5.41, 5.74) is 7.20. The van der Waals surface area contributed by atoms with E-state index in [2.05, 4.69) is 67.7 Å². The molecule has 0 bridgehead atoms. The molecule has 5 nitrogen and oxygen atoms in total. The van der Waals surface area contributed by atoms with Gasteiger partial charge in [0.2, 0.25) is 0 Å². The van der Waals surface area contributed by atoms with Crippen molar-refractivity contribution >= 4 is 33.2 Å². The molecule has 5 rings (SSSR count). The number of halogens is 1. The molecule has 0 fully saturated rings. The molecule has 162 valence electrons. The van der Waals surface area contributed by atoms with Gasteiger partial charge in [-0.05, 0) is 49.7 Å². The highest BCUT2D eigenvalue weighted by Crippen LogP contribution is 2.41. The number of carbonyl (C=O) groups excluding carboxylic acids is 1. The number of benzene rings is 2. The minimum Gasteiger partial charge on any atom is -0.361 e. The molecular weight excluding hydrogens is 464 g/mol. The van der Waals surface area contributed by atoms with Crippen LogP contribution in [0.5, 0.6) is 0 Å². The number of rotatable bonds is 5. The number of fused-ring (bicyclic) bond motifs is 5. The van der Waals surface area contributed by atoms with Gasteiger partial charge in [-0.2, -0.15) is 0 Å². The van der Waals surface area contributed by atoms with Crippen LogP contribution in [0.2, 0.25) is 0 Å². The Labute approximate surface area is 196 Å². The van der Waals surface area contributed by atoms with Gasteiger partial charge in [0.25, 0.3) is 5.91 Å². The first-order chi connectivity index (χ1) is 15.6. The standard InChI is InChI=1S/C26H25BrN4O/c1-3-29(4-2)26(32)19-10-13-24-28-25-21-12-11-20(27)14-22(21)30(17-23(25)31(24)16-19)15-18-8-6-5-7-9-18/h5-14,16H,3-4,15,17H2,1-2H3. The molecular formula is C26H25BrN4O. The van der Waals surface area contributed by atoms with Crippen molar-refractivity contribution < 1.29 is 4.79 Å². The molecule has 0 atom stereocenters. The van der Waals surface area contributed by atoms with E-state index in [0.29, 0.717) is 18.7 Å². The van der Waals surface area contributed by atoms with Crippen LogP contribution in [0.1, 0.15) is 35.5 Å². The Morgan fingerprint density at radius 3 is 2.59 bits per heavy atom. The molecule has 0 saturated carbocycles. The quantitative estimate of drug-likeness (QED) is 0.358. The summed E-state index contributed by atoms with van der Waals surface area (Å²) in [6, 6.07) is 20.7. The predicted octanol–water partition coefficient (Wildman–Crippen LogP) is 5.77. The number of nitrogens with zero attached hydrogens (tertiary/aromatic N) is 4. The maximum absolute atomic E-state index is 13.0. The molecule has 4 aromatic rings. The van der Waals surface area contributed by atoms with Gasteiger partial charge in [0.1, 0.15) is 5.65 Å². The maximum Gasteiger partial charge on any atom is 0.255 e. The molecule has 1 amide bonds. The number of aromatic nitrogens is 2. The lowest BCUT2D eigenvalue weighted by Gasteiger charge is -2.31. The summed E-state index contributed by atoms with van der Waals surface area (Å²) in [7, 11) is 0. The lowest BCUT2D eigenvalue weighted by Crippen LogP contribution is -2.30. The van der Waals surface area contributed by atoms with Crippen LogP contribution in [0.3, 0.4) is 0 Å². The summed E-state index contributed by atoms with van der Waals surface area (Å²) < 4.78 is 3.14. The summed E-state index contributed by atoms with van der Waals surface area (Å²) >= 11 is 3.64. The fraction of sp³-hybridized carbons (Fsp3) is 0.231. The average molecular weight is 489 g/mol. The van der Waals surface area contributed by atoms with E-state index in [4.69, 9.17) is 4.98 Å². The second-order valence-corrected chi connectivity index (χ2v) is 8.95. The zero-order valence-corrected chi connectivity index (χ0v) is 19.8. The fourth-order valence-electron chi connectivity index (χ4n) is 4.46. The van der Waals surface area contributed by atoms with Crippen molar-refractivity contribution in [1.29, 1.82) is 0 Å². The zero-order chi connectivity index (χ0) is 22.2. The van der Waals surface area contributed by atoms with Crippen molar-refractivity contribution in [3.05, 3.63) is 88.2 Å². The smallest absolute Gasteiger partial charge is 0.255 e. The third kappa shape index (κ3) is 3.58. The van der Waals surface area contributed by atoms with Gasteiger partial charge in [0.05, 0.1) is 23.5 Å². The first kappa shape index (κ1) is 20.8. The summed E-state index contributed by atoms with van der Waals surface area (Å²) in [6.07, 6.45) is 1.95. The lowest BCUT2D eigenvalue weighted by molar-refractivity contribution is 0.0772. The number of anilines is 1. The number of pyridine rings is 1. The van der Waals surface area contributed by atoms with Crippen LogP contribution < -0.4 is 4.90 Å². The molecule has 1 aliphatic heterocycles. The molecule has 0 spiro atoms. The van der Waals surface area contributed by atoms with E-state index in [0.717, 1.165) is 40.2 Å². The number of carbonyl (C=O) groups is 1. The van der Waals surface area contributed by atoms with Crippen molar-refractivity contribution in [2.75, 3.05) is 18.0 Å². The molecule has 0 saturated heterocycles. The maximum atomic E-state index is 13.0. The van der Waals surface area contributed by atoms with Crippen LogP contribution in [0, 0.1) is 0 Å². The lowest BCUT2D eigenvalue weighted by atomic mass is 10.0. The van der Waals surface area contributed by atoms with Crippen molar-refractivity contribution in [1.82, 2.24) is 14.3 Å². The summed E-state index contributed by atoms with van der Waals surface area (Å²) in [4.78, 5) is 22.1. The molecule has 6 heteroatoms. The molecule has 32 heavy (non-hydrogen) atoms. The second kappa shape index (κ2) is 8.43. The monoisotopic (exact) mass is 488 g/mol. The zero-order valence-electron chi connectivity index (χ0n) is 18.3. The predicted molar refractivity (Wildman–Crippen MR) is 132 cm³/mol. The van der Waals surface area contributed by atoms with Gasteiger partial charge < -0.3 is 14.2 Å². The molecule has 0 unspecified atom stereocenters. The Morgan fingerprint density at radius 1 is 1.06 bits per heavy atom. The number of amides is 1. The Balaban J connectivity index is 1.62. The molecule has 3 heterocycles. The molecule has 2 aromatic heterocycles. The van der Waals surface area contributed by atoms with Gasteiger partial charge in [-0.3, -0.25) is 4.79 Å². The van der Waals surface area contributed by atoms with Crippen LogP contribution in [0.4, 0.5) is 5.69 Å². The van der Waals surface area contributed by atoms with Gasteiger partial charge in [-0.1, -0.05) is 46.3 Å². The van der Waals surface area contributed by atoms with Crippen LogP contribution in [-0.2, 0) is 13.1 Å². The largest absolute Gasteiger partial charge is 0.361 e. The highest BCUT2D eigenvalue weighted by Gasteiger charge is 2.27. The second-order valence-electron chi connectivity index (χ2n) is 8.03. The van der Waals surface area contributed by atoms with Crippen LogP contribution in [0.25, 0.3) is 16.9 Å². The SMILES string of the molecule is CCN(CC)C(=O)c1ccc2nc3c(n2c1)CN(Cc1ccccc1)c1cc(Br)ccc1-3. The Morgan fingerprint density at radius 2 is 1.84 bits per heavy atom. The van der Waals surface area contributed by atoms with Gasteiger partial charge in [-0.15, -0.1) is 0 Å². The van der Waals surface area contributed by atoms with E-state index >= 15 is 0 Å². The summed E-state index contributed by atoms with van der Waals surface area (Å²) in [5, 5.41) is 0. The molecule has 0 aliphatic carbocycles. The van der Waals surface area contributed by atoms with Gasteiger partial charge in [0, 0.05) is 41.6 Å². The van der Waals surface area contributed by atoms with Crippen molar-refractivity contribution in [2.24, 2.45) is 0 Å². The third-order valence-corrected chi connectivity index (χ3v) is 6.62. The number of imidazole rings is 1. The van der Waals surface area contributed by atoms with E-state index in [-0.39, 0.29) is 5.91 Å². The Hall–Kier alpha value is -3.12. The van der Waals surface area contributed by atoms with E-state index in [1.165, 1.54) is 11.3 Å². The van der Waals surface area contributed by atoms with Crippen LogP contribution in [-0.4, -0.2) is 33.3 Å². The first-order valence-electron chi connectivity index (χ1n) is 11.0.